The van der Waals surface area contributed by atoms with Gasteiger partial charge in [0.05, 0.1) is 30.4 Å². The Kier molecular flexibility index (Phi) is 4.55. The van der Waals surface area contributed by atoms with Crippen LogP contribution in [0.3, 0.4) is 0 Å². The molecule has 0 bridgehead atoms. The van der Waals surface area contributed by atoms with Crippen molar-refractivity contribution >= 4 is 21.9 Å². The Hall–Kier alpha value is -1.89. The zero-order valence-corrected chi connectivity index (χ0v) is 13.6. The molecule has 22 heavy (non-hydrogen) atoms. The molecule has 1 amide bonds. The molecule has 1 aromatic carbocycles. The van der Waals surface area contributed by atoms with Crippen molar-refractivity contribution in [2.45, 2.75) is 25.2 Å². The predicted molar refractivity (Wildman–Crippen MR) is 79.4 cm³/mol. The number of hydrogen-bond donors (Lipinski definition) is 0. The molecule has 120 valence electrons. The third-order valence-electron chi connectivity index (χ3n) is 3.96. The summed E-state index contributed by atoms with van der Waals surface area (Å²) in [5.74, 6) is -2.50. The molecule has 1 aliphatic heterocycles. The first-order valence-electron chi connectivity index (χ1n) is 7.04. The lowest BCUT2D eigenvalue weighted by Crippen LogP contribution is -2.33. The topological polar surface area (TPSA) is 80.8 Å². The SMILES string of the molecule is CC[C@@H]1C(=O)N(S(=O)(=O)c2ccc(C)cc2)C[C@H]1C(=O)OC. The van der Waals surface area contributed by atoms with E-state index in [1.54, 1.807) is 19.1 Å². The van der Waals surface area contributed by atoms with E-state index in [4.69, 9.17) is 0 Å². The zero-order valence-electron chi connectivity index (χ0n) is 12.8. The smallest absolute Gasteiger partial charge is 0.311 e. The minimum Gasteiger partial charge on any atom is -0.469 e. The first-order chi connectivity index (χ1) is 10.3. The summed E-state index contributed by atoms with van der Waals surface area (Å²) >= 11 is 0. The van der Waals surface area contributed by atoms with Crippen molar-refractivity contribution in [1.82, 2.24) is 4.31 Å². The molecule has 0 aliphatic carbocycles. The van der Waals surface area contributed by atoms with E-state index in [0.29, 0.717) is 6.42 Å². The average molecular weight is 325 g/mol. The van der Waals surface area contributed by atoms with Gasteiger partial charge >= 0.3 is 5.97 Å². The van der Waals surface area contributed by atoms with Gasteiger partial charge < -0.3 is 4.74 Å². The molecule has 0 unspecified atom stereocenters. The number of carbonyl (C=O) groups excluding carboxylic acids is 2. The van der Waals surface area contributed by atoms with E-state index in [2.05, 4.69) is 4.74 Å². The molecule has 0 saturated carbocycles. The van der Waals surface area contributed by atoms with Crippen molar-refractivity contribution in [3.8, 4) is 0 Å². The molecule has 6 nitrogen and oxygen atoms in total. The Morgan fingerprint density at radius 1 is 1.32 bits per heavy atom. The number of hydrogen-bond acceptors (Lipinski definition) is 5. The van der Waals surface area contributed by atoms with Crippen LogP contribution in [0.2, 0.25) is 0 Å². The van der Waals surface area contributed by atoms with Gasteiger partial charge in [0.25, 0.3) is 10.0 Å². The van der Waals surface area contributed by atoms with E-state index in [-0.39, 0.29) is 11.4 Å². The van der Waals surface area contributed by atoms with E-state index >= 15 is 0 Å². The first-order valence-corrected chi connectivity index (χ1v) is 8.48. The largest absolute Gasteiger partial charge is 0.469 e. The second-order valence-corrected chi connectivity index (χ2v) is 7.19. The Bertz CT molecular complexity index is 680. The molecule has 1 aromatic rings. The number of methoxy groups -OCH3 is 1. The van der Waals surface area contributed by atoms with Crippen LogP contribution in [-0.2, 0) is 24.3 Å². The second-order valence-electron chi connectivity index (χ2n) is 5.33. The Morgan fingerprint density at radius 2 is 1.91 bits per heavy atom. The summed E-state index contributed by atoms with van der Waals surface area (Å²) in [5, 5.41) is 0. The Morgan fingerprint density at radius 3 is 2.41 bits per heavy atom. The van der Waals surface area contributed by atoms with Crippen molar-refractivity contribution in [1.29, 1.82) is 0 Å². The number of rotatable bonds is 4. The van der Waals surface area contributed by atoms with E-state index in [1.807, 2.05) is 6.92 Å². The zero-order chi connectivity index (χ0) is 16.5. The van der Waals surface area contributed by atoms with Gasteiger partial charge in [-0.15, -0.1) is 0 Å². The maximum absolute atomic E-state index is 12.6. The van der Waals surface area contributed by atoms with Gasteiger partial charge in [-0.1, -0.05) is 24.6 Å². The molecular formula is C15H19NO5S. The van der Waals surface area contributed by atoms with E-state index in [9.17, 15) is 18.0 Å². The van der Waals surface area contributed by atoms with Gasteiger partial charge in [-0.2, -0.15) is 0 Å². The quantitative estimate of drug-likeness (QED) is 0.780. The fraction of sp³-hybridized carbons (Fsp3) is 0.467. The number of carbonyl (C=O) groups is 2. The molecule has 7 heteroatoms. The van der Waals surface area contributed by atoms with E-state index < -0.39 is 33.7 Å². The number of esters is 1. The van der Waals surface area contributed by atoms with Crippen LogP contribution in [-0.4, -0.2) is 38.3 Å². The van der Waals surface area contributed by atoms with Crippen molar-refractivity contribution in [2.24, 2.45) is 11.8 Å². The van der Waals surface area contributed by atoms with Gasteiger partial charge in [0.1, 0.15) is 0 Å². The number of benzene rings is 1. The third kappa shape index (κ3) is 2.72. The fourth-order valence-electron chi connectivity index (χ4n) is 2.66. The Labute approximate surface area is 130 Å². The van der Waals surface area contributed by atoms with Crippen molar-refractivity contribution in [3.05, 3.63) is 29.8 Å². The maximum Gasteiger partial charge on any atom is 0.311 e. The highest BCUT2D eigenvalue weighted by atomic mass is 32.2. The van der Waals surface area contributed by atoms with E-state index in [1.165, 1.54) is 19.2 Å². The lowest BCUT2D eigenvalue weighted by molar-refractivity contribution is -0.147. The normalized spacial score (nSPS) is 22.0. The molecule has 1 saturated heterocycles. The summed E-state index contributed by atoms with van der Waals surface area (Å²) in [5.41, 5.74) is 0.922. The molecule has 0 spiro atoms. The van der Waals surface area contributed by atoms with Crippen LogP contribution in [0.25, 0.3) is 0 Å². The molecule has 1 heterocycles. The van der Waals surface area contributed by atoms with Crippen LogP contribution in [0.1, 0.15) is 18.9 Å². The predicted octanol–water partition coefficient (Wildman–Crippen LogP) is 1.34. The van der Waals surface area contributed by atoms with Crippen LogP contribution < -0.4 is 0 Å². The fourth-order valence-corrected chi connectivity index (χ4v) is 4.12. The summed E-state index contributed by atoms with van der Waals surface area (Å²) < 4.78 is 30.7. The van der Waals surface area contributed by atoms with Crippen LogP contribution in [0.5, 0.6) is 0 Å². The summed E-state index contributed by atoms with van der Waals surface area (Å²) in [6.45, 7) is 3.43. The number of sulfonamides is 1. The standard InChI is InChI=1S/C15H19NO5S/c1-4-12-13(15(18)21-3)9-16(14(12)17)22(19,20)11-7-5-10(2)6-8-11/h5-8,12-13H,4,9H2,1-3H3/t12-,13+/m0/s1. The van der Waals surface area contributed by atoms with Crippen LogP contribution in [0.4, 0.5) is 0 Å². The van der Waals surface area contributed by atoms with Crippen molar-refractivity contribution in [2.75, 3.05) is 13.7 Å². The molecule has 1 aliphatic rings. The number of nitrogens with zero attached hydrogens (tertiary/aromatic N) is 1. The summed E-state index contributed by atoms with van der Waals surface area (Å²) in [6.07, 6.45) is 0.387. The molecule has 0 aromatic heterocycles. The highest BCUT2D eigenvalue weighted by Gasteiger charge is 2.48. The summed E-state index contributed by atoms with van der Waals surface area (Å²) in [4.78, 5) is 24.2. The second kappa shape index (κ2) is 6.08. The number of aryl methyl sites for hydroxylation is 1. The maximum atomic E-state index is 12.6. The van der Waals surface area contributed by atoms with Crippen LogP contribution in [0, 0.1) is 18.8 Å². The molecule has 2 atom stereocenters. The lowest BCUT2D eigenvalue weighted by Gasteiger charge is -2.17. The van der Waals surface area contributed by atoms with Gasteiger partial charge in [0.15, 0.2) is 0 Å². The van der Waals surface area contributed by atoms with Crippen molar-refractivity contribution in [3.63, 3.8) is 0 Å². The van der Waals surface area contributed by atoms with Gasteiger partial charge in [-0.05, 0) is 25.5 Å². The van der Waals surface area contributed by atoms with Gasteiger partial charge in [0.2, 0.25) is 5.91 Å². The van der Waals surface area contributed by atoms with Crippen molar-refractivity contribution < 1.29 is 22.7 Å². The van der Waals surface area contributed by atoms with Gasteiger partial charge in [0, 0.05) is 0 Å². The average Bonchev–Trinajstić information content (AvgIpc) is 2.84. The lowest BCUT2D eigenvalue weighted by atomic mass is 9.93. The summed E-state index contributed by atoms with van der Waals surface area (Å²) in [7, 11) is -2.71. The minimum absolute atomic E-state index is 0.0480. The highest BCUT2D eigenvalue weighted by molar-refractivity contribution is 7.89. The highest BCUT2D eigenvalue weighted by Crippen LogP contribution is 2.32. The third-order valence-corrected chi connectivity index (χ3v) is 5.74. The van der Waals surface area contributed by atoms with Gasteiger partial charge in [-0.3, -0.25) is 9.59 Å². The number of amides is 1. The van der Waals surface area contributed by atoms with Crippen LogP contribution >= 0.6 is 0 Å². The molecular weight excluding hydrogens is 306 g/mol. The monoisotopic (exact) mass is 325 g/mol. The van der Waals surface area contributed by atoms with Crippen LogP contribution in [0.15, 0.2) is 29.2 Å². The summed E-state index contributed by atoms with van der Waals surface area (Å²) in [6, 6.07) is 6.26. The molecule has 0 N–H and O–H groups in total. The minimum atomic E-state index is -3.95. The first kappa shape index (κ1) is 16.5. The Balaban J connectivity index is 2.37. The number of ether oxygens (including phenoxy) is 1. The van der Waals surface area contributed by atoms with Gasteiger partial charge in [-0.25, -0.2) is 12.7 Å². The molecule has 0 radical (unpaired) electrons. The van der Waals surface area contributed by atoms with E-state index in [0.717, 1.165) is 9.87 Å². The molecule has 2 rings (SSSR count). The molecule has 1 fully saturated rings.